The van der Waals surface area contributed by atoms with E-state index >= 15 is 0 Å². The average molecular weight is 402 g/mol. The van der Waals surface area contributed by atoms with Crippen LogP contribution in [-0.4, -0.2) is 11.6 Å². The van der Waals surface area contributed by atoms with Gasteiger partial charge >= 0.3 is 5.97 Å². The summed E-state index contributed by atoms with van der Waals surface area (Å²) in [6.07, 6.45) is 13.1. The lowest BCUT2D eigenvalue weighted by Gasteiger charge is -2.32. The second-order valence-electron chi connectivity index (χ2n) is 7.73. The quantitative estimate of drug-likeness (QED) is 0.208. The number of carbonyl (C=O) groups is 1. The van der Waals surface area contributed by atoms with Gasteiger partial charge in [0.1, 0.15) is 0 Å². The first-order valence-corrected chi connectivity index (χ1v) is 11.2. The molecule has 3 atom stereocenters. The molecule has 1 aromatic heterocycles. The van der Waals surface area contributed by atoms with Gasteiger partial charge in [0.15, 0.2) is 20.1 Å². The minimum absolute atomic E-state index is 0.0636. The Bertz CT molecular complexity index is 1110. The summed E-state index contributed by atoms with van der Waals surface area (Å²) in [6.45, 7) is 4.01. The van der Waals surface area contributed by atoms with Gasteiger partial charge in [0.2, 0.25) is 0 Å². The van der Waals surface area contributed by atoms with Gasteiger partial charge in [-0.2, -0.15) is 0 Å². The van der Waals surface area contributed by atoms with Crippen molar-refractivity contribution < 1.29 is 9.53 Å². The van der Waals surface area contributed by atoms with Crippen molar-refractivity contribution in [3.05, 3.63) is 77.2 Å². The van der Waals surface area contributed by atoms with Crippen LogP contribution in [0.3, 0.4) is 0 Å². The molecule has 1 heterocycles. The van der Waals surface area contributed by atoms with Gasteiger partial charge in [-0.15, -0.1) is 6.42 Å². The number of allylic oxidation sites excluding steroid dienone is 1. The van der Waals surface area contributed by atoms with E-state index in [0.29, 0.717) is 5.56 Å². The molecule has 1 aliphatic rings. The Morgan fingerprint density at radius 1 is 1.21 bits per heavy atom. The second kappa shape index (κ2) is 7.89. The van der Waals surface area contributed by atoms with Crippen molar-refractivity contribution in [2.24, 2.45) is 5.92 Å². The van der Waals surface area contributed by atoms with E-state index in [1.165, 1.54) is 19.9 Å². The van der Waals surface area contributed by atoms with Crippen LogP contribution in [0.25, 0.3) is 15.0 Å². The lowest BCUT2D eigenvalue weighted by molar-refractivity contribution is -0.00291. The highest BCUT2D eigenvalue weighted by Crippen LogP contribution is 2.43. The SMILES string of the molecule is C#CC(C)(OC(=O)c1ccc(-[s+]2c(C)cc3ccccc32)cc1)C1C=CCCC1. The van der Waals surface area contributed by atoms with Gasteiger partial charge in [0.25, 0.3) is 0 Å². The van der Waals surface area contributed by atoms with Crippen LogP contribution >= 0.6 is 10.5 Å². The Labute approximate surface area is 175 Å². The highest BCUT2D eigenvalue weighted by molar-refractivity contribution is 7.45. The van der Waals surface area contributed by atoms with Crippen LogP contribution in [0.15, 0.2) is 66.7 Å². The third-order valence-corrected chi connectivity index (χ3v) is 8.02. The van der Waals surface area contributed by atoms with Crippen molar-refractivity contribution in [1.82, 2.24) is 0 Å². The van der Waals surface area contributed by atoms with E-state index in [2.05, 4.69) is 55.3 Å². The predicted octanol–water partition coefficient (Wildman–Crippen LogP) is 6.79. The number of carbonyl (C=O) groups excluding carboxylic acids is 1. The number of hydrogen-bond donors (Lipinski definition) is 0. The van der Waals surface area contributed by atoms with E-state index in [1.807, 2.05) is 31.2 Å². The predicted molar refractivity (Wildman–Crippen MR) is 122 cm³/mol. The number of aryl methyl sites for hydroxylation is 1. The number of hydrogen-bond acceptors (Lipinski definition) is 2. The summed E-state index contributed by atoms with van der Waals surface area (Å²) in [5, 5.41) is 1.28. The largest absolute Gasteiger partial charge is 0.442 e. The second-order valence-corrected chi connectivity index (χ2v) is 9.90. The summed E-state index contributed by atoms with van der Waals surface area (Å²) >= 11 is 0. The van der Waals surface area contributed by atoms with E-state index < -0.39 is 5.60 Å². The molecule has 0 N–H and O–H groups in total. The third kappa shape index (κ3) is 3.73. The van der Waals surface area contributed by atoms with Gasteiger partial charge in [-0.25, -0.2) is 4.79 Å². The number of rotatable bonds is 4. The van der Waals surface area contributed by atoms with Crippen molar-refractivity contribution in [3.63, 3.8) is 0 Å². The molecule has 0 amide bonds. The topological polar surface area (TPSA) is 26.3 Å². The zero-order valence-electron chi connectivity index (χ0n) is 16.9. The van der Waals surface area contributed by atoms with E-state index in [9.17, 15) is 4.79 Å². The minimum Gasteiger partial charge on any atom is -0.442 e. The highest BCUT2D eigenvalue weighted by atomic mass is 32.2. The zero-order chi connectivity index (χ0) is 20.4. The van der Waals surface area contributed by atoms with Crippen LogP contribution in [-0.2, 0) is 4.74 Å². The van der Waals surface area contributed by atoms with Crippen molar-refractivity contribution in [2.45, 2.75) is 38.7 Å². The monoisotopic (exact) mass is 401 g/mol. The Morgan fingerprint density at radius 3 is 2.66 bits per heavy atom. The van der Waals surface area contributed by atoms with E-state index in [4.69, 9.17) is 11.2 Å². The van der Waals surface area contributed by atoms with Crippen LogP contribution in [0.5, 0.6) is 0 Å². The summed E-state index contributed by atoms with van der Waals surface area (Å²) in [4.78, 5) is 15.3. The van der Waals surface area contributed by atoms with Crippen LogP contribution in [0.2, 0.25) is 0 Å². The van der Waals surface area contributed by atoms with Crippen molar-refractivity contribution in [1.29, 1.82) is 0 Å². The van der Waals surface area contributed by atoms with Crippen LogP contribution < -0.4 is 0 Å². The van der Waals surface area contributed by atoms with Crippen LogP contribution in [0, 0.1) is 25.2 Å². The maximum atomic E-state index is 12.8. The Morgan fingerprint density at radius 2 is 1.97 bits per heavy atom. The van der Waals surface area contributed by atoms with E-state index in [1.54, 1.807) is 0 Å². The molecule has 29 heavy (non-hydrogen) atoms. The summed E-state index contributed by atoms with van der Waals surface area (Å²) in [5.41, 5.74) is -0.384. The smallest absolute Gasteiger partial charge is 0.339 e. The normalized spacial score (nSPS) is 18.8. The Balaban J connectivity index is 1.58. The number of esters is 1. The van der Waals surface area contributed by atoms with Gasteiger partial charge in [-0.1, -0.05) is 30.2 Å². The average Bonchev–Trinajstić information content (AvgIpc) is 3.10. The molecule has 0 fully saturated rings. The molecule has 0 aliphatic heterocycles. The standard InChI is InChI=1S/C26H25O2S/c1-4-26(3,22-11-6-5-7-12-22)28-25(27)20-14-16-23(17-15-20)29-19(2)18-21-10-8-9-13-24(21)29/h1,6,8-11,13-18,22H,5,7,12H2,2-3H3/q+1. The van der Waals surface area contributed by atoms with E-state index in [0.717, 1.165) is 19.3 Å². The van der Waals surface area contributed by atoms with Crippen LogP contribution in [0.1, 0.15) is 41.4 Å². The fraction of sp³-hybridized carbons (Fsp3) is 0.269. The number of benzene rings is 2. The first-order valence-electron chi connectivity index (χ1n) is 10.0. The Kier molecular flexibility index (Phi) is 5.30. The summed E-state index contributed by atoms with van der Waals surface area (Å²) in [5.74, 6) is 2.42. The molecule has 146 valence electrons. The summed E-state index contributed by atoms with van der Waals surface area (Å²) in [7, 11) is -0.0888. The van der Waals surface area contributed by atoms with Crippen molar-refractivity contribution in [2.75, 3.05) is 0 Å². The fourth-order valence-corrected chi connectivity index (χ4v) is 6.22. The summed E-state index contributed by atoms with van der Waals surface area (Å²) in [6, 6.07) is 18.5. The molecule has 3 heteroatoms. The lowest BCUT2D eigenvalue weighted by Crippen LogP contribution is -2.38. The summed E-state index contributed by atoms with van der Waals surface area (Å²) < 4.78 is 7.16. The zero-order valence-corrected chi connectivity index (χ0v) is 17.7. The van der Waals surface area contributed by atoms with Gasteiger partial charge in [0.05, 0.1) is 5.56 Å². The molecule has 3 aromatic rings. The molecule has 2 aromatic carbocycles. The van der Waals surface area contributed by atoms with Crippen LogP contribution in [0.4, 0.5) is 0 Å². The minimum atomic E-state index is -0.919. The number of ether oxygens (including phenoxy) is 1. The van der Waals surface area contributed by atoms with Crippen molar-refractivity contribution >= 4 is 26.5 Å². The van der Waals surface area contributed by atoms with Gasteiger partial charge in [-0.3, -0.25) is 0 Å². The fourth-order valence-electron chi connectivity index (χ4n) is 4.01. The molecule has 1 aliphatic carbocycles. The molecule has 3 unspecified atom stereocenters. The maximum absolute atomic E-state index is 12.8. The molecular weight excluding hydrogens is 376 g/mol. The van der Waals surface area contributed by atoms with Gasteiger partial charge in [0, 0.05) is 34.8 Å². The molecular formula is C26H25O2S+. The number of thiophene rings is 1. The molecule has 0 saturated carbocycles. The lowest BCUT2D eigenvalue weighted by atomic mass is 9.82. The highest BCUT2D eigenvalue weighted by Gasteiger charge is 2.35. The first kappa shape index (κ1) is 19.5. The van der Waals surface area contributed by atoms with Crippen molar-refractivity contribution in [3.8, 4) is 17.2 Å². The third-order valence-electron chi connectivity index (χ3n) is 5.70. The van der Waals surface area contributed by atoms with Gasteiger partial charge < -0.3 is 4.74 Å². The maximum Gasteiger partial charge on any atom is 0.339 e. The first-order chi connectivity index (χ1) is 14.0. The molecule has 0 radical (unpaired) electrons. The molecule has 0 bridgehead atoms. The van der Waals surface area contributed by atoms with Gasteiger partial charge in [-0.05, 0) is 62.6 Å². The molecule has 0 spiro atoms. The number of fused-ring (bicyclic) bond motifs is 1. The number of terminal acetylenes is 1. The molecule has 4 rings (SSSR count). The van der Waals surface area contributed by atoms with E-state index in [-0.39, 0.29) is 22.4 Å². The Hall–Kier alpha value is -2.83. The molecule has 2 nitrogen and oxygen atoms in total. The molecule has 0 saturated heterocycles.